The molecule has 0 saturated carbocycles. The van der Waals surface area contributed by atoms with Crippen LogP contribution in [0.25, 0.3) is 0 Å². The van der Waals surface area contributed by atoms with Gasteiger partial charge in [-0.2, -0.15) is 0 Å². The zero-order valence-corrected chi connectivity index (χ0v) is 15.5. The minimum atomic E-state index is 0. The Labute approximate surface area is 135 Å². The highest BCUT2D eigenvalue weighted by Crippen LogP contribution is 1.96. The molecule has 2 N–H and O–H groups in total. The highest BCUT2D eigenvalue weighted by molar-refractivity contribution is 14.0. The van der Waals surface area contributed by atoms with Gasteiger partial charge in [-0.3, -0.25) is 9.89 Å². The quantitative estimate of drug-likeness (QED) is 0.378. The highest BCUT2D eigenvalue weighted by atomic mass is 127. The lowest BCUT2D eigenvalue weighted by Gasteiger charge is -2.27. The Bertz CT molecular complexity index is 235. The molecule has 0 rings (SSSR count). The number of halogens is 1. The topological polar surface area (TPSA) is 48.9 Å². The molecule has 0 aromatic heterocycles. The van der Waals surface area contributed by atoms with Crippen LogP contribution in [0.2, 0.25) is 0 Å². The van der Waals surface area contributed by atoms with Crippen molar-refractivity contribution in [3.63, 3.8) is 0 Å². The summed E-state index contributed by atoms with van der Waals surface area (Å²) in [5, 5.41) is 6.64. The van der Waals surface area contributed by atoms with Crippen LogP contribution in [0.1, 0.15) is 27.7 Å². The van der Waals surface area contributed by atoms with Gasteiger partial charge in [0.2, 0.25) is 0 Å². The van der Waals surface area contributed by atoms with E-state index in [4.69, 9.17) is 4.74 Å². The van der Waals surface area contributed by atoms with Crippen LogP contribution in [0.15, 0.2) is 4.99 Å². The van der Waals surface area contributed by atoms with Crippen molar-refractivity contribution in [1.82, 2.24) is 15.5 Å². The maximum atomic E-state index is 5.09. The predicted molar refractivity (Wildman–Crippen MR) is 93.6 cm³/mol. The number of hydrogen-bond acceptors (Lipinski definition) is 3. The van der Waals surface area contributed by atoms with E-state index >= 15 is 0 Å². The Balaban J connectivity index is 0. The van der Waals surface area contributed by atoms with Gasteiger partial charge in [-0.05, 0) is 26.9 Å². The Morgan fingerprint density at radius 3 is 2.26 bits per heavy atom. The Kier molecular flexibility index (Phi) is 14.4. The fourth-order valence-electron chi connectivity index (χ4n) is 1.94. The number of rotatable bonds is 8. The minimum absolute atomic E-state index is 0. The van der Waals surface area contributed by atoms with E-state index in [1.54, 1.807) is 14.2 Å². The molecule has 0 saturated heterocycles. The van der Waals surface area contributed by atoms with Gasteiger partial charge in [0.1, 0.15) is 0 Å². The van der Waals surface area contributed by atoms with E-state index in [2.05, 4.69) is 48.2 Å². The number of aliphatic imine (C=N–C) groups is 1. The molecular formula is C13H31IN4O. The number of ether oxygens (including phenoxy) is 1. The average Bonchev–Trinajstić information content (AvgIpc) is 2.36. The number of nitrogens with one attached hydrogen (secondary N) is 2. The van der Waals surface area contributed by atoms with Crippen molar-refractivity contribution in [3.05, 3.63) is 0 Å². The second kappa shape index (κ2) is 12.9. The van der Waals surface area contributed by atoms with Gasteiger partial charge in [-0.15, -0.1) is 24.0 Å². The maximum Gasteiger partial charge on any atom is 0.191 e. The SMILES string of the molecule is CCN(CC)C(C)CNC(=NC)NC(C)COC.I. The van der Waals surface area contributed by atoms with E-state index in [0.29, 0.717) is 12.6 Å². The Morgan fingerprint density at radius 1 is 1.26 bits per heavy atom. The van der Waals surface area contributed by atoms with Crippen molar-refractivity contribution >= 4 is 29.9 Å². The lowest BCUT2D eigenvalue weighted by Crippen LogP contribution is -2.48. The molecule has 0 spiro atoms. The number of nitrogens with zero attached hydrogens (tertiary/aromatic N) is 2. The van der Waals surface area contributed by atoms with Gasteiger partial charge in [-0.1, -0.05) is 13.8 Å². The third-order valence-corrected chi connectivity index (χ3v) is 3.02. The molecule has 0 fully saturated rings. The summed E-state index contributed by atoms with van der Waals surface area (Å²) < 4.78 is 5.09. The normalized spacial score (nSPS) is 14.8. The van der Waals surface area contributed by atoms with Crippen LogP contribution in [0.4, 0.5) is 0 Å². The van der Waals surface area contributed by atoms with E-state index in [0.717, 1.165) is 25.6 Å². The van der Waals surface area contributed by atoms with Crippen LogP contribution in [0, 0.1) is 0 Å². The summed E-state index contributed by atoms with van der Waals surface area (Å²) in [6, 6.07) is 0.751. The first-order chi connectivity index (χ1) is 8.58. The average molecular weight is 386 g/mol. The van der Waals surface area contributed by atoms with E-state index in [-0.39, 0.29) is 30.0 Å². The molecule has 0 heterocycles. The summed E-state index contributed by atoms with van der Waals surface area (Å²) >= 11 is 0. The molecule has 0 bridgehead atoms. The highest BCUT2D eigenvalue weighted by Gasteiger charge is 2.11. The van der Waals surface area contributed by atoms with Crippen molar-refractivity contribution < 1.29 is 4.74 Å². The summed E-state index contributed by atoms with van der Waals surface area (Å²) in [5.74, 6) is 0.832. The third-order valence-electron chi connectivity index (χ3n) is 3.02. The molecule has 0 aromatic rings. The molecule has 116 valence electrons. The molecule has 0 aliphatic rings. The van der Waals surface area contributed by atoms with Gasteiger partial charge in [0, 0.05) is 32.8 Å². The molecule has 0 aliphatic carbocycles. The lowest BCUT2D eigenvalue weighted by atomic mass is 10.3. The zero-order valence-electron chi connectivity index (χ0n) is 13.2. The monoisotopic (exact) mass is 386 g/mol. The number of hydrogen-bond donors (Lipinski definition) is 2. The summed E-state index contributed by atoms with van der Waals surface area (Å²) in [5.41, 5.74) is 0. The second-order valence-electron chi connectivity index (χ2n) is 4.52. The first-order valence-corrected chi connectivity index (χ1v) is 6.79. The zero-order chi connectivity index (χ0) is 14.0. The Morgan fingerprint density at radius 2 is 1.84 bits per heavy atom. The van der Waals surface area contributed by atoms with Crippen LogP contribution in [0.5, 0.6) is 0 Å². The lowest BCUT2D eigenvalue weighted by molar-refractivity contribution is 0.178. The molecule has 0 aliphatic heterocycles. The smallest absolute Gasteiger partial charge is 0.191 e. The van der Waals surface area contributed by atoms with Crippen LogP contribution in [-0.2, 0) is 4.74 Å². The molecule has 0 amide bonds. The van der Waals surface area contributed by atoms with Gasteiger partial charge in [0.15, 0.2) is 5.96 Å². The van der Waals surface area contributed by atoms with Gasteiger partial charge in [0.25, 0.3) is 0 Å². The number of guanidine groups is 1. The van der Waals surface area contributed by atoms with E-state index in [1.807, 2.05) is 0 Å². The largest absolute Gasteiger partial charge is 0.383 e. The Hall–Kier alpha value is -0.0800. The molecule has 2 unspecified atom stereocenters. The van der Waals surface area contributed by atoms with Crippen LogP contribution in [0.3, 0.4) is 0 Å². The first kappa shape index (κ1) is 21.2. The molecule has 6 heteroatoms. The minimum Gasteiger partial charge on any atom is -0.383 e. The van der Waals surface area contributed by atoms with Crippen LogP contribution in [-0.4, -0.2) is 63.3 Å². The summed E-state index contributed by atoms with van der Waals surface area (Å²) in [4.78, 5) is 6.63. The van der Waals surface area contributed by atoms with Crippen molar-refractivity contribution in [2.75, 3.05) is 40.4 Å². The van der Waals surface area contributed by atoms with Crippen molar-refractivity contribution in [1.29, 1.82) is 0 Å². The fourth-order valence-corrected chi connectivity index (χ4v) is 1.94. The third kappa shape index (κ3) is 9.45. The van der Waals surface area contributed by atoms with Crippen LogP contribution >= 0.6 is 24.0 Å². The van der Waals surface area contributed by atoms with Gasteiger partial charge >= 0.3 is 0 Å². The van der Waals surface area contributed by atoms with Crippen molar-refractivity contribution in [3.8, 4) is 0 Å². The maximum absolute atomic E-state index is 5.09. The molecular weight excluding hydrogens is 355 g/mol. The molecule has 5 nitrogen and oxygen atoms in total. The molecule has 2 atom stereocenters. The molecule has 0 radical (unpaired) electrons. The van der Waals surface area contributed by atoms with E-state index in [1.165, 1.54) is 0 Å². The summed E-state index contributed by atoms with van der Waals surface area (Å²) in [6.07, 6.45) is 0. The second-order valence-corrected chi connectivity index (χ2v) is 4.52. The van der Waals surface area contributed by atoms with E-state index < -0.39 is 0 Å². The van der Waals surface area contributed by atoms with Crippen molar-refractivity contribution in [2.24, 2.45) is 4.99 Å². The standard InChI is InChI=1S/C13H30N4O.HI/c1-7-17(8-2)12(4)9-15-13(14-5)16-11(3)10-18-6;/h11-12H,7-10H2,1-6H3,(H2,14,15,16);1H. The molecule has 0 aromatic carbocycles. The number of likely N-dealkylation sites (N-methyl/N-ethyl adjacent to an activating group) is 1. The fraction of sp³-hybridized carbons (Fsp3) is 0.923. The predicted octanol–water partition coefficient (Wildman–Crippen LogP) is 1.53. The van der Waals surface area contributed by atoms with Crippen molar-refractivity contribution in [2.45, 2.75) is 39.8 Å². The summed E-state index contributed by atoms with van der Waals surface area (Å²) in [6.45, 7) is 12.4. The van der Waals surface area contributed by atoms with Gasteiger partial charge < -0.3 is 15.4 Å². The van der Waals surface area contributed by atoms with Crippen LogP contribution < -0.4 is 10.6 Å². The number of methoxy groups -OCH3 is 1. The first-order valence-electron chi connectivity index (χ1n) is 6.79. The van der Waals surface area contributed by atoms with Gasteiger partial charge in [0.05, 0.1) is 6.61 Å². The summed E-state index contributed by atoms with van der Waals surface area (Å²) in [7, 11) is 3.49. The van der Waals surface area contributed by atoms with Gasteiger partial charge in [-0.25, -0.2) is 0 Å². The molecule has 19 heavy (non-hydrogen) atoms. The van der Waals surface area contributed by atoms with E-state index in [9.17, 15) is 0 Å².